The first-order chi connectivity index (χ1) is 15.2. The van der Waals surface area contributed by atoms with Crippen LogP contribution < -0.4 is 5.32 Å². The summed E-state index contributed by atoms with van der Waals surface area (Å²) < 4.78 is 33.1. The molecule has 1 aliphatic rings. The highest BCUT2D eigenvalue weighted by atomic mass is 32.2. The Morgan fingerprint density at radius 1 is 1.16 bits per heavy atom. The van der Waals surface area contributed by atoms with Gasteiger partial charge in [0.1, 0.15) is 0 Å². The molecule has 1 aliphatic heterocycles. The van der Waals surface area contributed by atoms with E-state index in [1.807, 2.05) is 37.3 Å². The van der Waals surface area contributed by atoms with Crippen LogP contribution in [0.15, 0.2) is 53.4 Å². The molecule has 1 fully saturated rings. The molecule has 0 aromatic heterocycles. The molecule has 0 aliphatic carbocycles. The zero-order chi connectivity index (χ0) is 23.3. The summed E-state index contributed by atoms with van der Waals surface area (Å²) in [7, 11) is -3.72. The van der Waals surface area contributed by atoms with E-state index < -0.39 is 28.0 Å². The molecule has 32 heavy (non-hydrogen) atoms. The summed E-state index contributed by atoms with van der Waals surface area (Å²) in [5.41, 5.74) is 1.65. The number of benzene rings is 2. The Kier molecular flexibility index (Phi) is 7.69. The van der Waals surface area contributed by atoms with Crippen LogP contribution in [0.4, 0.5) is 0 Å². The van der Waals surface area contributed by atoms with Crippen molar-refractivity contribution in [3.63, 3.8) is 0 Å². The molecule has 1 saturated heterocycles. The Balaban J connectivity index is 1.70. The van der Waals surface area contributed by atoms with Crippen LogP contribution in [-0.2, 0) is 26.1 Å². The molecule has 2 aromatic carbocycles. The van der Waals surface area contributed by atoms with E-state index in [2.05, 4.69) is 5.32 Å². The average Bonchev–Trinajstić information content (AvgIpc) is 2.78. The lowest BCUT2D eigenvalue weighted by atomic mass is 10.1. The van der Waals surface area contributed by atoms with Crippen LogP contribution in [0.1, 0.15) is 54.6 Å². The number of nitrogens with one attached hydrogen (secondary N) is 1. The number of ether oxygens (including phenoxy) is 1. The van der Waals surface area contributed by atoms with Gasteiger partial charge in [-0.2, -0.15) is 4.31 Å². The van der Waals surface area contributed by atoms with Gasteiger partial charge in [0.2, 0.25) is 10.0 Å². The number of hydrogen-bond donors (Lipinski definition) is 1. The van der Waals surface area contributed by atoms with Gasteiger partial charge in [-0.15, -0.1) is 0 Å². The van der Waals surface area contributed by atoms with Crippen LogP contribution in [-0.4, -0.2) is 43.3 Å². The minimum absolute atomic E-state index is 0.0602. The number of amides is 1. The van der Waals surface area contributed by atoms with Crippen molar-refractivity contribution in [2.45, 2.75) is 63.6 Å². The maximum atomic E-state index is 13.1. The molecule has 0 bridgehead atoms. The van der Waals surface area contributed by atoms with E-state index in [9.17, 15) is 18.0 Å². The van der Waals surface area contributed by atoms with Gasteiger partial charge in [-0.1, -0.05) is 42.8 Å². The highest BCUT2D eigenvalue weighted by molar-refractivity contribution is 7.89. The van der Waals surface area contributed by atoms with Crippen LogP contribution in [0, 0.1) is 6.92 Å². The van der Waals surface area contributed by atoms with Crippen molar-refractivity contribution in [1.29, 1.82) is 0 Å². The fourth-order valence-electron chi connectivity index (χ4n) is 3.75. The van der Waals surface area contributed by atoms with Gasteiger partial charge < -0.3 is 10.1 Å². The van der Waals surface area contributed by atoms with E-state index in [1.165, 1.54) is 23.4 Å². The standard InChI is InChI=1S/C24H30N2O5S/c1-17-12-13-21(32(29,30)26-14-8-7-9-18(26)2)15-22(17)24(28)31-19(3)23(27)25-16-20-10-5-4-6-11-20/h4-6,10-13,15,18-19H,7-9,14,16H2,1-3H3,(H,25,27). The molecule has 8 heteroatoms. The van der Waals surface area contributed by atoms with Crippen LogP contribution in [0.3, 0.4) is 0 Å². The van der Waals surface area contributed by atoms with E-state index in [4.69, 9.17) is 4.74 Å². The average molecular weight is 459 g/mol. The van der Waals surface area contributed by atoms with Gasteiger partial charge in [0.05, 0.1) is 10.5 Å². The quantitative estimate of drug-likeness (QED) is 0.642. The highest BCUT2D eigenvalue weighted by Gasteiger charge is 2.32. The third-order valence-corrected chi connectivity index (χ3v) is 7.75. The summed E-state index contributed by atoms with van der Waals surface area (Å²) in [6.45, 7) is 5.88. The molecule has 0 saturated carbocycles. The number of rotatable bonds is 7. The first-order valence-corrected chi connectivity index (χ1v) is 12.3. The number of sulfonamides is 1. The lowest BCUT2D eigenvalue weighted by molar-refractivity contribution is -0.129. The fourth-order valence-corrected chi connectivity index (χ4v) is 5.48. The molecule has 2 aromatic rings. The third kappa shape index (κ3) is 5.55. The number of carbonyl (C=O) groups is 2. The van der Waals surface area contributed by atoms with Crippen molar-refractivity contribution in [2.75, 3.05) is 6.54 Å². The number of hydrogen-bond acceptors (Lipinski definition) is 5. The first-order valence-electron chi connectivity index (χ1n) is 10.8. The van der Waals surface area contributed by atoms with Crippen molar-refractivity contribution < 1.29 is 22.7 Å². The van der Waals surface area contributed by atoms with Crippen molar-refractivity contribution >= 4 is 21.9 Å². The summed E-state index contributed by atoms with van der Waals surface area (Å²) in [5, 5.41) is 2.73. The zero-order valence-electron chi connectivity index (χ0n) is 18.7. The Hall–Kier alpha value is -2.71. The number of carbonyl (C=O) groups excluding carboxylic acids is 2. The molecular weight excluding hydrogens is 428 g/mol. The first kappa shape index (κ1) is 23.9. The van der Waals surface area contributed by atoms with Crippen molar-refractivity contribution in [3.05, 3.63) is 65.2 Å². The monoisotopic (exact) mass is 458 g/mol. The molecule has 1 N–H and O–H groups in total. The lowest BCUT2D eigenvalue weighted by Gasteiger charge is -2.32. The summed E-state index contributed by atoms with van der Waals surface area (Å²) in [5.74, 6) is -1.15. The van der Waals surface area contributed by atoms with Gasteiger partial charge in [-0.25, -0.2) is 13.2 Å². The van der Waals surface area contributed by atoms with E-state index in [0.717, 1.165) is 24.8 Å². The predicted octanol–water partition coefficient (Wildman–Crippen LogP) is 3.42. The van der Waals surface area contributed by atoms with Gasteiger partial charge in [-0.3, -0.25) is 4.79 Å². The van der Waals surface area contributed by atoms with Crippen LogP contribution in [0.2, 0.25) is 0 Å². The molecule has 1 heterocycles. The number of esters is 1. The molecule has 1 amide bonds. The minimum atomic E-state index is -3.72. The Morgan fingerprint density at radius 3 is 2.56 bits per heavy atom. The zero-order valence-corrected chi connectivity index (χ0v) is 19.5. The van der Waals surface area contributed by atoms with E-state index in [1.54, 1.807) is 13.0 Å². The van der Waals surface area contributed by atoms with Gasteiger partial charge in [0.25, 0.3) is 5.91 Å². The normalized spacial score (nSPS) is 18.0. The second kappa shape index (κ2) is 10.3. The number of aryl methyl sites for hydroxylation is 1. The predicted molar refractivity (Wildman–Crippen MR) is 122 cm³/mol. The molecule has 3 rings (SSSR count). The van der Waals surface area contributed by atoms with Crippen molar-refractivity contribution in [1.82, 2.24) is 9.62 Å². The van der Waals surface area contributed by atoms with E-state index >= 15 is 0 Å². The second-order valence-corrected chi connectivity index (χ2v) is 10.1. The topological polar surface area (TPSA) is 92.8 Å². The summed E-state index contributed by atoms with van der Waals surface area (Å²) in [4.78, 5) is 25.2. The van der Waals surface area contributed by atoms with E-state index in [0.29, 0.717) is 18.7 Å². The molecule has 172 valence electrons. The summed E-state index contributed by atoms with van der Waals surface area (Å²) in [6, 6.07) is 13.8. The summed E-state index contributed by atoms with van der Waals surface area (Å²) in [6.07, 6.45) is 1.62. The van der Waals surface area contributed by atoms with Crippen LogP contribution >= 0.6 is 0 Å². The largest absolute Gasteiger partial charge is 0.449 e. The van der Waals surface area contributed by atoms with Crippen molar-refractivity contribution in [2.24, 2.45) is 0 Å². The third-order valence-electron chi connectivity index (χ3n) is 5.74. The Morgan fingerprint density at radius 2 is 1.88 bits per heavy atom. The lowest BCUT2D eigenvalue weighted by Crippen LogP contribution is -2.42. The number of piperidine rings is 1. The molecule has 7 nitrogen and oxygen atoms in total. The van der Waals surface area contributed by atoms with Gasteiger partial charge in [0.15, 0.2) is 6.10 Å². The number of nitrogens with zero attached hydrogens (tertiary/aromatic N) is 1. The Bertz CT molecular complexity index is 1070. The van der Waals surface area contributed by atoms with E-state index in [-0.39, 0.29) is 16.5 Å². The molecular formula is C24H30N2O5S. The molecule has 2 atom stereocenters. The minimum Gasteiger partial charge on any atom is -0.449 e. The maximum Gasteiger partial charge on any atom is 0.339 e. The smallest absolute Gasteiger partial charge is 0.339 e. The molecule has 2 unspecified atom stereocenters. The summed E-state index contributed by atoms with van der Waals surface area (Å²) >= 11 is 0. The van der Waals surface area contributed by atoms with Crippen LogP contribution in [0.5, 0.6) is 0 Å². The van der Waals surface area contributed by atoms with Gasteiger partial charge >= 0.3 is 5.97 Å². The molecule has 0 radical (unpaired) electrons. The molecule has 0 spiro atoms. The van der Waals surface area contributed by atoms with Crippen molar-refractivity contribution in [3.8, 4) is 0 Å². The second-order valence-electron chi connectivity index (χ2n) is 8.19. The Labute approximate surface area is 189 Å². The van der Waals surface area contributed by atoms with Gasteiger partial charge in [0, 0.05) is 19.1 Å². The maximum absolute atomic E-state index is 13.1. The van der Waals surface area contributed by atoms with Gasteiger partial charge in [-0.05, 0) is 56.9 Å². The van der Waals surface area contributed by atoms with Crippen LogP contribution in [0.25, 0.3) is 0 Å². The highest BCUT2D eigenvalue weighted by Crippen LogP contribution is 2.26. The SMILES string of the molecule is Cc1ccc(S(=O)(=O)N2CCCCC2C)cc1C(=O)OC(C)C(=O)NCc1ccccc1. The fraction of sp³-hybridized carbons (Fsp3) is 0.417.